The SMILES string of the molecule is CCOc1cccnc1N1CCN(C(=O)c2cc3c(-c4ccccc4OC)cc(C(C)C)c(F)c3[nH]2)CC1. The minimum atomic E-state index is -0.323. The number of hydrogen-bond acceptors (Lipinski definition) is 5. The minimum Gasteiger partial charge on any atom is -0.496 e. The summed E-state index contributed by atoms with van der Waals surface area (Å²) in [5, 5.41) is 0.660. The van der Waals surface area contributed by atoms with E-state index < -0.39 is 0 Å². The maximum Gasteiger partial charge on any atom is 0.270 e. The van der Waals surface area contributed by atoms with Crippen LogP contribution in [0.1, 0.15) is 42.7 Å². The second-order valence-corrected chi connectivity index (χ2v) is 9.69. The molecule has 0 unspecified atom stereocenters. The van der Waals surface area contributed by atoms with Crippen molar-refractivity contribution in [1.29, 1.82) is 0 Å². The molecule has 1 saturated heterocycles. The van der Waals surface area contributed by atoms with E-state index in [1.807, 2.05) is 63.2 Å². The number of benzene rings is 2. The third-order valence-corrected chi connectivity index (χ3v) is 7.05. The Balaban J connectivity index is 1.46. The number of anilines is 1. The molecule has 0 atom stereocenters. The molecule has 3 heterocycles. The Hall–Kier alpha value is -4.07. The van der Waals surface area contributed by atoms with Crippen LogP contribution in [0.25, 0.3) is 22.0 Å². The van der Waals surface area contributed by atoms with Crippen LogP contribution in [0, 0.1) is 5.82 Å². The first kappa shape index (κ1) is 25.6. The monoisotopic (exact) mass is 516 g/mol. The second kappa shape index (κ2) is 10.7. The van der Waals surface area contributed by atoms with Crippen LogP contribution in [0.4, 0.5) is 10.2 Å². The van der Waals surface area contributed by atoms with Crippen LogP contribution in [-0.2, 0) is 0 Å². The van der Waals surface area contributed by atoms with Crippen LogP contribution < -0.4 is 14.4 Å². The highest BCUT2D eigenvalue weighted by Crippen LogP contribution is 2.39. The van der Waals surface area contributed by atoms with E-state index in [4.69, 9.17) is 9.47 Å². The summed E-state index contributed by atoms with van der Waals surface area (Å²) in [6.07, 6.45) is 1.75. The fourth-order valence-electron chi connectivity index (χ4n) is 5.09. The van der Waals surface area contributed by atoms with Gasteiger partial charge in [-0.3, -0.25) is 4.79 Å². The predicted octanol–water partition coefficient (Wildman–Crippen LogP) is 5.86. The first-order valence-electron chi connectivity index (χ1n) is 13.0. The molecule has 1 aliphatic rings. The van der Waals surface area contributed by atoms with Gasteiger partial charge in [0.25, 0.3) is 5.91 Å². The number of ether oxygens (including phenoxy) is 2. The van der Waals surface area contributed by atoms with Gasteiger partial charge in [0.1, 0.15) is 11.4 Å². The van der Waals surface area contributed by atoms with Crippen molar-refractivity contribution in [2.45, 2.75) is 26.7 Å². The summed E-state index contributed by atoms with van der Waals surface area (Å²) in [5.74, 6) is 1.72. The van der Waals surface area contributed by atoms with Crippen LogP contribution in [0.2, 0.25) is 0 Å². The second-order valence-electron chi connectivity index (χ2n) is 9.69. The molecule has 0 spiro atoms. The quantitative estimate of drug-likeness (QED) is 0.333. The molecule has 4 aromatic rings. The lowest BCUT2D eigenvalue weighted by molar-refractivity contribution is 0.0741. The maximum atomic E-state index is 15.6. The van der Waals surface area contributed by atoms with E-state index in [9.17, 15) is 4.79 Å². The van der Waals surface area contributed by atoms with Crippen LogP contribution in [0.3, 0.4) is 0 Å². The third-order valence-electron chi connectivity index (χ3n) is 7.05. The average molecular weight is 517 g/mol. The molecule has 8 heteroatoms. The van der Waals surface area contributed by atoms with Crippen molar-refractivity contribution in [2.75, 3.05) is 44.8 Å². The van der Waals surface area contributed by atoms with Crippen LogP contribution in [-0.4, -0.2) is 60.7 Å². The maximum absolute atomic E-state index is 15.6. The summed E-state index contributed by atoms with van der Waals surface area (Å²) in [5.41, 5.74) is 3.00. The van der Waals surface area contributed by atoms with Gasteiger partial charge in [-0.05, 0) is 54.3 Å². The zero-order valence-electron chi connectivity index (χ0n) is 22.3. The fourth-order valence-corrected chi connectivity index (χ4v) is 5.09. The number of aromatic amines is 1. The molecule has 1 N–H and O–H groups in total. The Morgan fingerprint density at radius 2 is 1.79 bits per heavy atom. The number of H-pyrrole nitrogens is 1. The van der Waals surface area contributed by atoms with Crippen molar-refractivity contribution in [3.63, 3.8) is 0 Å². The summed E-state index contributed by atoms with van der Waals surface area (Å²) >= 11 is 0. The fraction of sp³-hybridized carbons (Fsp3) is 0.333. The van der Waals surface area contributed by atoms with Crippen molar-refractivity contribution in [1.82, 2.24) is 14.9 Å². The average Bonchev–Trinajstić information content (AvgIpc) is 3.40. The van der Waals surface area contributed by atoms with Gasteiger partial charge in [0.15, 0.2) is 17.4 Å². The highest BCUT2D eigenvalue weighted by atomic mass is 19.1. The Kier molecular flexibility index (Phi) is 7.22. The number of fused-ring (bicyclic) bond motifs is 1. The topological polar surface area (TPSA) is 70.7 Å². The molecule has 2 aromatic carbocycles. The molecule has 2 aromatic heterocycles. The van der Waals surface area contributed by atoms with Crippen molar-refractivity contribution < 1.29 is 18.7 Å². The summed E-state index contributed by atoms with van der Waals surface area (Å²) < 4.78 is 27.0. The van der Waals surface area contributed by atoms with E-state index >= 15 is 4.39 Å². The lowest BCUT2D eigenvalue weighted by Gasteiger charge is -2.35. The minimum absolute atomic E-state index is 0.0310. The van der Waals surface area contributed by atoms with Crippen molar-refractivity contribution in [3.05, 3.63) is 71.8 Å². The predicted molar refractivity (Wildman–Crippen MR) is 148 cm³/mol. The van der Waals surface area contributed by atoms with Crippen molar-refractivity contribution in [2.24, 2.45) is 0 Å². The number of methoxy groups -OCH3 is 1. The number of halogens is 1. The van der Waals surface area contributed by atoms with Crippen LogP contribution >= 0.6 is 0 Å². The van der Waals surface area contributed by atoms with E-state index in [1.54, 1.807) is 24.3 Å². The van der Waals surface area contributed by atoms with Crippen molar-refractivity contribution in [3.8, 4) is 22.6 Å². The lowest BCUT2D eigenvalue weighted by atomic mass is 9.93. The van der Waals surface area contributed by atoms with Gasteiger partial charge in [-0.1, -0.05) is 32.0 Å². The molecule has 1 amide bonds. The van der Waals surface area contributed by atoms with Gasteiger partial charge in [-0.15, -0.1) is 0 Å². The summed E-state index contributed by atoms with van der Waals surface area (Å²) in [7, 11) is 1.62. The molecule has 38 heavy (non-hydrogen) atoms. The molecule has 0 bridgehead atoms. The van der Waals surface area contributed by atoms with E-state index in [-0.39, 0.29) is 17.6 Å². The number of piperazine rings is 1. The standard InChI is InChI=1S/C30H33FN4O3/c1-5-38-26-11-8-12-32-29(26)34-13-15-35(16-14-34)30(36)24-18-23-22(20-9-6-7-10-25(20)37-4)17-21(19(2)3)27(31)28(23)33-24/h6-12,17-19,33H,5,13-16H2,1-4H3. The molecule has 0 radical (unpaired) electrons. The molecular weight excluding hydrogens is 483 g/mol. The molecular formula is C30H33FN4O3. The summed E-state index contributed by atoms with van der Waals surface area (Å²) in [4.78, 5) is 25.1. The Bertz CT molecular complexity index is 1460. The summed E-state index contributed by atoms with van der Waals surface area (Å²) in [6.45, 7) is 8.73. The van der Waals surface area contributed by atoms with E-state index in [1.165, 1.54) is 0 Å². The zero-order valence-corrected chi connectivity index (χ0v) is 22.3. The Labute approximate surface area is 222 Å². The van der Waals surface area contributed by atoms with Gasteiger partial charge in [0.2, 0.25) is 0 Å². The molecule has 1 aliphatic heterocycles. The van der Waals surface area contributed by atoms with E-state index in [2.05, 4.69) is 14.9 Å². The highest BCUT2D eigenvalue weighted by molar-refractivity contribution is 6.04. The number of carbonyl (C=O) groups excluding carboxylic acids is 1. The number of amides is 1. The molecule has 7 nitrogen and oxygen atoms in total. The van der Waals surface area contributed by atoms with Gasteiger partial charge in [-0.2, -0.15) is 0 Å². The third kappa shape index (κ3) is 4.66. The zero-order chi connectivity index (χ0) is 26.8. The van der Waals surface area contributed by atoms with Crippen molar-refractivity contribution >= 4 is 22.6 Å². The molecule has 0 saturated carbocycles. The normalized spacial score (nSPS) is 13.8. The number of aromatic nitrogens is 2. The first-order chi connectivity index (χ1) is 18.4. The highest BCUT2D eigenvalue weighted by Gasteiger charge is 2.27. The lowest BCUT2D eigenvalue weighted by Crippen LogP contribution is -2.49. The van der Waals surface area contributed by atoms with Gasteiger partial charge in [0, 0.05) is 43.3 Å². The smallest absolute Gasteiger partial charge is 0.270 e. The Morgan fingerprint density at radius 3 is 2.50 bits per heavy atom. The van der Waals surface area contributed by atoms with E-state index in [0.29, 0.717) is 60.7 Å². The largest absolute Gasteiger partial charge is 0.496 e. The summed E-state index contributed by atoms with van der Waals surface area (Å²) in [6, 6.07) is 15.1. The van der Waals surface area contributed by atoms with E-state index in [0.717, 1.165) is 22.7 Å². The Morgan fingerprint density at radius 1 is 1.05 bits per heavy atom. The number of rotatable bonds is 7. The van der Waals surface area contributed by atoms with Gasteiger partial charge < -0.3 is 24.3 Å². The van der Waals surface area contributed by atoms with Crippen LogP contribution in [0.5, 0.6) is 11.5 Å². The van der Waals surface area contributed by atoms with Gasteiger partial charge in [-0.25, -0.2) is 9.37 Å². The first-order valence-corrected chi connectivity index (χ1v) is 13.0. The number of carbonyl (C=O) groups is 1. The van der Waals surface area contributed by atoms with Gasteiger partial charge in [0.05, 0.1) is 19.2 Å². The number of pyridine rings is 1. The molecule has 5 rings (SSSR count). The molecule has 1 fully saturated rings. The molecule has 0 aliphatic carbocycles. The number of para-hydroxylation sites is 1. The number of nitrogens with zero attached hydrogens (tertiary/aromatic N) is 3. The van der Waals surface area contributed by atoms with Gasteiger partial charge >= 0.3 is 0 Å². The number of hydrogen-bond donors (Lipinski definition) is 1. The molecule has 198 valence electrons. The van der Waals surface area contributed by atoms with Crippen LogP contribution in [0.15, 0.2) is 54.7 Å². The number of nitrogens with one attached hydrogen (secondary N) is 1.